The van der Waals surface area contributed by atoms with Crippen molar-refractivity contribution in [3.63, 3.8) is 0 Å². The Kier molecular flexibility index (Phi) is 5.67. The number of halogens is 2. The lowest BCUT2D eigenvalue weighted by molar-refractivity contribution is 0.384. The standard InChI is InChI=1S/C18H20Cl2N2O3S/c1-13-11-15(4-6-18(13)25-2)26(23,24)22-9-7-21(8-10-22)14-3-5-16(19)17(20)12-14/h3-6,11-12H,7-10H2,1-2H3. The van der Waals surface area contributed by atoms with Gasteiger partial charge in [0.05, 0.1) is 22.1 Å². The van der Waals surface area contributed by atoms with Crippen LogP contribution in [0.3, 0.4) is 0 Å². The lowest BCUT2D eigenvalue weighted by Gasteiger charge is -2.35. The second-order valence-electron chi connectivity index (χ2n) is 6.12. The molecule has 1 fully saturated rings. The highest BCUT2D eigenvalue weighted by Crippen LogP contribution is 2.29. The van der Waals surface area contributed by atoms with Crippen molar-refractivity contribution in [3.05, 3.63) is 52.0 Å². The minimum Gasteiger partial charge on any atom is -0.496 e. The molecule has 0 aliphatic carbocycles. The normalized spacial score (nSPS) is 15.9. The summed E-state index contributed by atoms with van der Waals surface area (Å²) in [7, 11) is -1.96. The molecule has 2 aromatic carbocycles. The lowest BCUT2D eigenvalue weighted by Crippen LogP contribution is -2.48. The Morgan fingerprint density at radius 1 is 0.962 bits per heavy atom. The highest BCUT2D eigenvalue weighted by Gasteiger charge is 2.29. The van der Waals surface area contributed by atoms with Crippen LogP contribution in [0.25, 0.3) is 0 Å². The molecule has 0 N–H and O–H groups in total. The van der Waals surface area contributed by atoms with Gasteiger partial charge in [-0.2, -0.15) is 4.31 Å². The molecule has 3 rings (SSSR count). The summed E-state index contributed by atoms with van der Waals surface area (Å²) in [6.07, 6.45) is 0. The van der Waals surface area contributed by atoms with Crippen LogP contribution < -0.4 is 9.64 Å². The lowest BCUT2D eigenvalue weighted by atomic mass is 10.2. The zero-order valence-corrected chi connectivity index (χ0v) is 16.9. The van der Waals surface area contributed by atoms with Gasteiger partial charge in [-0.15, -0.1) is 0 Å². The van der Waals surface area contributed by atoms with Gasteiger partial charge in [-0.05, 0) is 48.9 Å². The molecule has 2 aromatic rings. The van der Waals surface area contributed by atoms with E-state index in [9.17, 15) is 8.42 Å². The number of hydrogen-bond acceptors (Lipinski definition) is 4. The summed E-state index contributed by atoms with van der Waals surface area (Å²) in [5.41, 5.74) is 1.74. The topological polar surface area (TPSA) is 49.9 Å². The van der Waals surface area contributed by atoms with Gasteiger partial charge in [-0.1, -0.05) is 23.2 Å². The average molecular weight is 415 g/mol. The van der Waals surface area contributed by atoms with Crippen molar-refractivity contribution in [2.75, 3.05) is 38.2 Å². The number of ether oxygens (including phenoxy) is 1. The number of rotatable bonds is 4. The molecule has 0 amide bonds. The Hall–Kier alpha value is -1.47. The fraction of sp³-hybridized carbons (Fsp3) is 0.333. The van der Waals surface area contributed by atoms with Crippen molar-refractivity contribution in [2.24, 2.45) is 0 Å². The maximum absolute atomic E-state index is 12.9. The molecular weight excluding hydrogens is 395 g/mol. The van der Waals surface area contributed by atoms with Crippen LogP contribution in [-0.4, -0.2) is 46.0 Å². The summed E-state index contributed by atoms with van der Waals surface area (Å²) >= 11 is 12.0. The molecule has 140 valence electrons. The van der Waals surface area contributed by atoms with Crippen LogP contribution in [0, 0.1) is 6.92 Å². The first-order valence-corrected chi connectivity index (χ1v) is 10.4. The van der Waals surface area contributed by atoms with Gasteiger partial charge in [0.1, 0.15) is 5.75 Å². The van der Waals surface area contributed by atoms with Crippen molar-refractivity contribution in [1.29, 1.82) is 0 Å². The van der Waals surface area contributed by atoms with Gasteiger partial charge in [-0.25, -0.2) is 8.42 Å². The van der Waals surface area contributed by atoms with Crippen LogP contribution in [0.1, 0.15) is 5.56 Å². The molecule has 5 nitrogen and oxygen atoms in total. The van der Waals surface area contributed by atoms with Crippen molar-refractivity contribution in [2.45, 2.75) is 11.8 Å². The third-order valence-corrected chi connectivity index (χ3v) is 7.14. The number of sulfonamides is 1. The minimum absolute atomic E-state index is 0.291. The summed E-state index contributed by atoms with van der Waals surface area (Å²) in [6.45, 7) is 3.83. The first-order valence-electron chi connectivity index (χ1n) is 8.17. The van der Waals surface area contributed by atoms with Crippen molar-refractivity contribution >= 4 is 38.9 Å². The van der Waals surface area contributed by atoms with Crippen LogP contribution in [0.5, 0.6) is 5.75 Å². The number of benzene rings is 2. The fourth-order valence-corrected chi connectivity index (χ4v) is 4.83. The molecular formula is C18H20Cl2N2O3S. The first-order chi connectivity index (χ1) is 12.3. The van der Waals surface area contributed by atoms with Crippen LogP contribution in [0.15, 0.2) is 41.3 Å². The highest BCUT2D eigenvalue weighted by molar-refractivity contribution is 7.89. The predicted octanol–water partition coefficient (Wildman–Crippen LogP) is 3.82. The smallest absolute Gasteiger partial charge is 0.243 e. The first kappa shape index (κ1) is 19.3. The fourth-order valence-electron chi connectivity index (χ4n) is 3.03. The van der Waals surface area contributed by atoms with Gasteiger partial charge >= 0.3 is 0 Å². The van der Waals surface area contributed by atoms with Gasteiger partial charge in [0.15, 0.2) is 0 Å². The van der Waals surface area contributed by atoms with E-state index >= 15 is 0 Å². The van der Waals surface area contributed by atoms with E-state index in [1.807, 2.05) is 13.0 Å². The number of aryl methyl sites for hydroxylation is 1. The maximum atomic E-state index is 12.9. The number of methoxy groups -OCH3 is 1. The molecule has 1 saturated heterocycles. The van der Waals surface area contributed by atoms with Crippen molar-refractivity contribution in [3.8, 4) is 5.75 Å². The Labute approximate surface area is 164 Å². The molecule has 0 unspecified atom stereocenters. The average Bonchev–Trinajstić information content (AvgIpc) is 2.64. The second kappa shape index (κ2) is 7.64. The number of hydrogen-bond donors (Lipinski definition) is 0. The zero-order chi connectivity index (χ0) is 18.9. The SMILES string of the molecule is COc1ccc(S(=O)(=O)N2CCN(c3ccc(Cl)c(Cl)c3)CC2)cc1C. The van der Waals surface area contributed by atoms with E-state index in [1.54, 1.807) is 37.4 Å². The summed E-state index contributed by atoms with van der Waals surface area (Å²) in [6, 6.07) is 10.4. The predicted molar refractivity (Wildman–Crippen MR) is 105 cm³/mol. The third kappa shape index (κ3) is 3.78. The molecule has 0 aromatic heterocycles. The highest BCUT2D eigenvalue weighted by atomic mass is 35.5. The van der Waals surface area contributed by atoms with Crippen molar-refractivity contribution < 1.29 is 13.2 Å². The third-order valence-electron chi connectivity index (χ3n) is 4.51. The van der Waals surface area contributed by atoms with Crippen LogP contribution in [0.2, 0.25) is 10.0 Å². The molecule has 26 heavy (non-hydrogen) atoms. The molecule has 8 heteroatoms. The summed E-state index contributed by atoms with van der Waals surface area (Å²) in [4.78, 5) is 2.40. The van der Waals surface area contributed by atoms with Gasteiger partial charge in [0, 0.05) is 31.9 Å². The second-order valence-corrected chi connectivity index (χ2v) is 8.87. The minimum atomic E-state index is -3.53. The Morgan fingerprint density at radius 3 is 2.23 bits per heavy atom. The molecule has 0 atom stereocenters. The molecule has 1 heterocycles. The van der Waals surface area contributed by atoms with Gasteiger partial charge < -0.3 is 9.64 Å². The van der Waals surface area contributed by atoms with Crippen molar-refractivity contribution in [1.82, 2.24) is 4.31 Å². The Balaban J connectivity index is 1.74. The quantitative estimate of drug-likeness (QED) is 0.762. The summed E-state index contributed by atoms with van der Waals surface area (Å²) in [5.74, 6) is 0.674. The number of anilines is 1. The van der Waals surface area contributed by atoms with Crippen LogP contribution in [-0.2, 0) is 10.0 Å². The zero-order valence-electron chi connectivity index (χ0n) is 14.6. The molecule has 0 bridgehead atoms. The largest absolute Gasteiger partial charge is 0.496 e. The molecule has 1 aliphatic rings. The molecule has 0 spiro atoms. The van der Waals surface area contributed by atoms with Crippen LogP contribution >= 0.6 is 23.2 Å². The number of piperazine rings is 1. The van der Waals surface area contributed by atoms with Gasteiger partial charge in [-0.3, -0.25) is 0 Å². The van der Waals surface area contributed by atoms with E-state index in [0.29, 0.717) is 46.9 Å². The maximum Gasteiger partial charge on any atom is 0.243 e. The number of nitrogens with zero attached hydrogens (tertiary/aromatic N) is 2. The van der Waals surface area contributed by atoms with Crippen LogP contribution in [0.4, 0.5) is 5.69 Å². The van der Waals surface area contributed by atoms with E-state index in [0.717, 1.165) is 11.3 Å². The molecule has 0 saturated carbocycles. The molecule has 0 radical (unpaired) electrons. The van der Waals surface area contributed by atoms with E-state index in [2.05, 4.69) is 4.90 Å². The van der Waals surface area contributed by atoms with E-state index in [4.69, 9.17) is 27.9 Å². The summed E-state index contributed by atoms with van der Waals surface area (Å²) < 4.78 is 32.5. The van der Waals surface area contributed by atoms with Gasteiger partial charge in [0.2, 0.25) is 10.0 Å². The van der Waals surface area contributed by atoms with E-state index in [-0.39, 0.29) is 0 Å². The Morgan fingerprint density at radius 2 is 1.65 bits per heavy atom. The Bertz CT molecular complexity index is 911. The molecule has 1 aliphatic heterocycles. The monoisotopic (exact) mass is 414 g/mol. The van der Waals surface area contributed by atoms with E-state index in [1.165, 1.54) is 4.31 Å². The van der Waals surface area contributed by atoms with E-state index < -0.39 is 10.0 Å². The van der Waals surface area contributed by atoms with Gasteiger partial charge in [0.25, 0.3) is 0 Å². The summed E-state index contributed by atoms with van der Waals surface area (Å²) in [5, 5.41) is 0.999.